The van der Waals surface area contributed by atoms with Gasteiger partial charge in [-0.25, -0.2) is 4.79 Å². The second-order valence-corrected chi connectivity index (χ2v) is 4.76. The van der Waals surface area contributed by atoms with Crippen LogP contribution in [0.3, 0.4) is 0 Å². The monoisotopic (exact) mass is 267 g/mol. The van der Waals surface area contributed by atoms with Gasteiger partial charge in [0, 0.05) is 35.7 Å². The maximum absolute atomic E-state index is 11.7. The summed E-state index contributed by atoms with van der Waals surface area (Å²) in [4.78, 5) is 35.3. The molecule has 1 amide bonds. The van der Waals surface area contributed by atoms with Gasteiger partial charge in [0.15, 0.2) is 0 Å². The third kappa shape index (κ3) is 1.85. The molecule has 1 saturated heterocycles. The van der Waals surface area contributed by atoms with Crippen LogP contribution in [-0.4, -0.2) is 42.1 Å². The Labute approximate surface area is 109 Å². The van der Waals surface area contributed by atoms with Gasteiger partial charge in [0.25, 0.3) is 0 Å². The molecule has 0 aromatic rings. The summed E-state index contributed by atoms with van der Waals surface area (Å²) in [6.07, 6.45) is 2.45. The SMILES string of the molecule is COC(=O)N1[C@@H]2C=C[C@@H]([C@H](C(=O)[O-])[C@@H]2C(=O)[O-])[C@@H]1C. The summed E-state index contributed by atoms with van der Waals surface area (Å²) < 4.78 is 4.61. The van der Waals surface area contributed by atoms with Crippen LogP contribution in [0.1, 0.15) is 6.92 Å². The number of carbonyl (C=O) groups is 3. The minimum atomic E-state index is -1.51. The predicted molar refractivity (Wildman–Crippen MR) is 57.1 cm³/mol. The maximum Gasteiger partial charge on any atom is 0.410 e. The Kier molecular flexibility index (Phi) is 3.21. The topological polar surface area (TPSA) is 110 Å². The van der Waals surface area contributed by atoms with E-state index in [1.54, 1.807) is 13.0 Å². The van der Waals surface area contributed by atoms with Gasteiger partial charge in [0.05, 0.1) is 13.2 Å². The maximum atomic E-state index is 11.7. The number of rotatable bonds is 2. The standard InChI is InChI=1S/C12H15NO6/c1-5-6-3-4-7(13(5)12(18)19-2)9(11(16)17)8(6)10(14)15/h3-9H,1-2H3,(H,14,15)(H,16,17)/p-2/t5-,6+,7+,8-,9+/m0/s1. The van der Waals surface area contributed by atoms with E-state index in [1.165, 1.54) is 18.1 Å². The van der Waals surface area contributed by atoms with Crippen molar-refractivity contribution in [2.75, 3.05) is 7.11 Å². The molecule has 19 heavy (non-hydrogen) atoms. The first-order valence-electron chi connectivity index (χ1n) is 5.86. The minimum Gasteiger partial charge on any atom is -0.550 e. The zero-order chi connectivity index (χ0) is 14.3. The average molecular weight is 267 g/mol. The number of piperidine rings is 1. The number of hydrogen-bond acceptors (Lipinski definition) is 6. The fourth-order valence-corrected chi connectivity index (χ4v) is 3.10. The van der Waals surface area contributed by atoms with Gasteiger partial charge in [-0.15, -0.1) is 0 Å². The predicted octanol–water partition coefficient (Wildman–Crippen LogP) is -2.26. The summed E-state index contributed by atoms with van der Waals surface area (Å²) in [6.45, 7) is 1.65. The molecule has 2 bridgehead atoms. The summed E-state index contributed by atoms with van der Waals surface area (Å²) in [5.41, 5.74) is 0. The van der Waals surface area contributed by atoms with Crippen LogP contribution in [0.2, 0.25) is 0 Å². The Balaban J connectivity index is 2.45. The molecule has 2 heterocycles. The van der Waals surface area contributed by atoms with Crippen LogP contribution in [0.5, 0.6) is 0 Å². The molecule has 7 nitrogen and oxygen atoms in total. The summed E-state index contributed by atoms with van der Waals surface area (Å²) in [7, 11) is 1.19. The highest BCUT2D eigenvalue weighted by Crippen LogP contribution is 2.42. The Morgan fingerprint density at radius 3 is 2.16 bits per heavy atom. The molecular formula is C12H13NO6-2. The minimum absolute atomic E-state index is 0.471. The van der Waals surface area contributed by atoms with Crippen molar-refractivity contribution in [3.05, 3.63) is 12.2 Å². The van der Waals surface area contributed by atoms with Gasteiger partial charge in [-0.2, -0.15) is 0 Å². The average Bonchev–Trinajstić information content (AvgIpc) is 2.37. The number of methoxy groups -OCH3 is 1. The van der Waals surface area contributed by atoms with E-state index in [9.17, 15) is 24.6 Å². The highest BCUT2D eigenvalue weighted by molar-refractivity contribution is 5.82. The van der Waals surface area contributed by atoms with Gasteiger partial charge >= 0.3 is 6.09 Å². The van der Waals surface area contributed by atoms with Crippen molar-refractivity contribution in [2.45, 2.75) is 19.0 Å². The van der Waals surface area contributed by atoms with E-state index in [-0.39, 0.29) is 0 Å². The zero-order valence-corrected chi connectivity index (χ0v) is 10.4. The number of fused-ring (bicyclic) bond motifs is 2. The van der Waals surface area contributed by atoms with Crippen molar-refractivity contribution in [1.29, 1.82) is 0 Å². The summed E-state index contributed by atoms with van der Waals surface area (Å²) in [5, 5.41) is 22.4. The normalized spacial score (nSPS) is 36.1. The van der Waals surface area contributed by atoms with Crippen molar-refractivity contribution in [2.24, 2.45) is 17.8 Å². The molecule has 3 rings (SSSR count). The molecule has 0 aromatic heterocycles. The third-order valence-electron chi connectivity index (χ3n) is 3.95. The molecule has 104 valence electrons. The third-order valence-corrected chi connectivity index (χ3v) is 3.95. The first kappa shape index (κ1) is 13.4. The van der Waals surface area contributed by atoms with Gasteiger partial charge < -0.3 is 24.5 Å². The lowest BCUT2D eigenvalue weighted by molar-refractivity contribution is -0.332. The molecule has 0 aromatic carbocycles. The van der Waals surface area contributed by atoms with Gasteiger partial charge in [0.1, 0.15) is 0 Å². The fourth-order valence-electron chi connectivity index (χ4n) is 3.10. The first-order chi connectivity index (χ1) is 8.90. The highest BCUT2D eigenvalue weighted by atomic mass is 16.5. The molecule has 0 saturated carbocycles. The van der Waals surface area contributed by atoms with Crippen LogP contribution in [0, 0.1) is 17.8 Å². The summed E-state index contributed by atoms with van der Waals surface area (Å²) >= 11 is 0. The number of carbonyl (C=O) groups excluding carboxylic acids is 3. The van der Waals surface area contributed by atoms with E-state index in [2.05, 4.69) is 4.74 Å². The molecule has 1 fully saturated rings. The molecule has 0 radical (unpaired) electrons. The molecule has 2 aliphatic heterocycles. The molecule has 0 N–H and O–H groups in total. The van der Waals surface area contributed by atoms with Gasteiger partial charge in [-0.1, -0.05) is 12.2 Å². The first-order valence-corrected chi connectivity index (χ1v) is 5.86. The lowest BCUT2D eigenvalue weighted by Gasteiger charge is -2.54. The lowest BCUT2D eigenvalue weighted by Crippen LogP contribution is -2.67. The van der Waals surface area contributed by atoms with E-state index in [1.807, 2.05) is 0 Å². The lowest BCUT2D eigenvalue weighted by atomic mass is 9.66. The van der Waals surface area contributed by atoms with Crippen molar-refractivity contribution >= 4 is 18.0 Å². The number of ether oxygens (including phenoxy) is 1. The van der Waals surface area contributed by atoms with Crippen LogP contribution in [0.4, 0.5) is 4.79 Å². The Morgan fingerprint density at radius 2 is 1.68 bits per heavy atom. The summed E-state index contributed by atoms with van der Waals surface area (Å²) in [6, 6.07) is -1.36. The quantitative estimate of drug-likeness (QED) is 0.522. The van der Waals surface area contributed by atoms with E-state index in [0.717, 1.165) is 0 Å². The number of amides is 1. The number of carboxylic acid groups (broad SMARTS) is 2. The largest absolute Gasteiger partial charge is 0.550 e. The molecule has 0 spiro atoms. The van der Waals surface area contributed by atoms with E-state index in [4.69, 9.17) is 0 Å². The van der Waals surface area contributed by atoms with Crippen LogP contribution in [0.25, 0.3) is 0 Å². The van der Waals surface area contributed by atoms with Gasteiger partial charge in [-0.3, -0.25) is 4.90 Å². The number of nitrogens with zero attached hydrogens (tertiary/aromatic N) is 1. The van der Waals surface area contributed by atoms with Crippen molar-refractivity contribution in [3.63, 3.8) is 0 Å². The smallest absolute Gasteiger partial charge is 0.410 e. The van der Waals surface area contributed by atoms with Crippen LogP contribution < -0.4 is 10.2 Å². The molecule has 3 aliphatic rings. The second kappa shape index (κ2) is 4.56. The number of hydrogen-bond donors (Lipinski definition) is 0. The fraction of sp³-hybridized carbons (Fsp3) is 0.583. The number of aliphatic carboxylic acids is 2. The molecule has 5 atom stereocenters. The van der Waals surface area contributed by atoms with Crippen molar-refractivity contribution in [3.8, 4) is 0 Å². The van der Waals surface area contributed by atoms with Crippen LogP contribution in [-0.2, 0) is 14.3 Å². The van der Waals surface area contributed by atoms with E-state index in [0.29, 0.717) is 0 Å². The molecule has 0 unspecified atom stereocenters. The summed E-state index contributed by atoms with van der Waals surface area (Å²) in [5.74, 6) is -6.09. The number of carboxylic acids is 2. The van der Waals surface area contributed by atoms with Gasteiger partial charge in [0.2, 0.25) is 0 Å². The van der Waals surface area contributed by atoms with Gasteiger partial charge in [-0.05, 0) is 6.92 Å². The Hall–Kier alpha value is -2.05. The van der Waals surface area contributed by atoms with E-state index >= 15 is 0 Å². The Bertz CT molecular complexity index is 459. The van der Waals surface area contributed by atoms with Crippen molar-refractivity contribution in [1.82, 2.24) is 4.90 Å². The van der Waals surface area contributed by atoms with E-state index < -0.39 is 47.9 Å². The molecule has 1 aliphatic carbocycles. The van der Waals surface area contributed by atoms with Crippen molar-refractivity contribution < 1.29 is 29.3 Å². The molecule has 7 heteroatoms. The highest BCUT2D eigenvalue weighted by Gasteiger charge is 2.51. The zero-order valence-electron chi connectivity index (χ0n) is 10.4. The van der Waals surface area contributed by atoms with Crippen LogP contribution in [0.15, 0.2) is 12.2 Å². The Morgan fingerprint density at radius 1 is 1.11 bits per heavy atom. The van der Waals surface area contributed by atoms with Crippen LogP contribution >= 0.6 is 0 Å². The second-order valence-electron chi connectivity index (χ2n) is 4.76. The molecular weight excluding hydrogens is 254 g/mol.